The molecule has 44 heavy (non-hydrogen) atoms. The first-order valence-corrected chi connectivity index (χ1v) is 14.9. The molecule has 0 spiro atoms. The Balaban J connectivity index is 1.27. The van der Waals surface area contributed by atoms with E-state index < -0.39 is 6.10 Å². The number of urea groups is 1. The SMILES string of the molecule is CCC(O)CNc1nc(N[C@H]2CC[C@H](N(C(=O)NCc3ccccc3)c3ccc(-c4cnn(C)c4)cn3)CC2)ncc1C#N. The fraction of sp³-hybridized carbons (Fsp3) is 0.375. The summed E-state index contributed by atoms with van der Waals surface area (Å²) in [5, 5.41) is 33.2. The fourth-order valence-electron chi connectivity index (χ4n) is 5.27. The lowest BCUT2D eigenvalue weighted by atomic mass is 9.90. The molecule has 12 nitrogen and oxygen atoms in total. The predicted octanol–water partition coefficient (Wildman–Crippen LogP) is 4.47. The molecule has 3 aromatic heterocycles. The van der Waals surface area contributed by atoms with Crippen molar-refractivity contribution in [3.05, 3.63) is 78.4 Å². The van der Waals surface area contributed by atoms with E-state index in [0.717, 1.165) is 42.4 Å². The number of hydrogen-bond donors (Lipinski definition) is 4. The van der Waals surface area contributed by atoms with Crippen molar-refractivity contribution in [3.63, 3.8) is 0 Å². The van der Waals surface area contributed by atoms with Gasteiger partial charge in [0.15, 0.2) is 0 Å². The highest BCUT2D eigenvalue weighted by Crippen LogP contribution is 2.29. The van der Waals surface area contributed by atoms with E-state index in [1.165, 1.54) is 6.20 Å². The van der Waals surface area contributed by atoms with E-state index in [0.29, 0.717) is 42.7 Å². The molecular formula is C32H38N10O2. The van der Waals surface area contributed by atoms with Crippen LogP contribution in [0.25, 0.3) is 11.1 Å². The van der Waals surface area contributed by atoms with Crippen LogP contribution in [0.4, 0.5) is 22.4 Å². The van der Waals surface area contributed by atoms with Crippen molar-refractivity contribution >= 4 is 23.6 Å². The Hall–Kier alpha value is -5.02. The van der Waals surface area contributed by atoms with Crippen LogP contribution in [0.15, 0.2) is 67.3 Å². The van der Waals surface area contributed by atoms with Gasteiger partial charge in [0.25, 0.3) is 0 Å². The van der Waals surface area contributed by atoms with E-state index in [1.54, 1.807) is 22.0 Å². The molecule has 1 aliphatic carbocycles. The maximum absolute atomic E-state index is 13.7. The van der Waals surface area contributed by atoms with Gasteiger partial charge in [0, 0.05) is 55.7 Å². The predicted molar refractivity (Wildman–Crippen MR) is 169 cm³/mol. The van der Waals surface area contributed by atoms with Crippen LogP contribution in [-0.4, -0.2) is 60.6 Å². The van der Waals surface area contributed by atoms with Crippen LogP contribution in [0.3, 0.4) is 0 Å². The average molecular weight is 595 g/mol. The third-order valence-electron chi connectivity index (χ3n) is 7.82. The summed E-state index contributed by atoms with van der Waals surface area (Å²) in [6.45, 7) is 2.61. The van der Waals surface area contributed by atoms with E-state index >= 15 is 0 Å². The van der Waals surface area contributed by atoms with Gasteiger partial charge in [-0.05, 0) is 49.8 Å². The number of rotatable bonds is 11. The van der Waals surface area contributed by atoms with E-state index in [1.807, 2.05) is 62.6 Å². The first-order valence-electron chi connectivity index (χ1n) is 14.9. The summed E-state index contributed by atoms with van der Waals surface area (Å²) in [6.07, 6.45) is 10.2. The van der Waals surface area contributed by atoms with E-state index in [9.17, 15) is 15.2 Å². The molecule has 228 valence electrons. The summed E-state index contributed by atoms with van der Waals surface area (Å²) in [7, 11) is 1.87. The number of amides is 2. The number of nitrogens with zero attached hydrogens (tertiary/aromatic N) is 7. The van der Waals surface area contributed by atoms with Crippen LogP contribution in [0.2, 0.25) is 0 Å². The van der Waals surface area contributed by atoms with Gasteiger partial charge in [-0.3, -0.25) is 9.58 Å². The topological polar surface area (TPSA) is 157 Å². The highest BCUT2D eigenvalue weighted by Gasteiger charge is 2.31. The first kappa shape index (κ1) is 30.4. The number of benzene rings is 1. The van der Waals surface area contributed by atoms with Crippen LogP contribution in [0.1, 0.15) is 50.2 Å². The van der Waals surface area contributed by atoms with Gasteiger partial charge in [0.1, 0.15) is 23.3 Å². The first-order chi connectivity index (χ1) is 21.4. The zero-order valence-electron chi connectivity index (χ0n) is 25.0. The third kappa shape index (κ3) is 7.67. The van der Waals surface area contributed by atoms with Gasteiger partial charge in [0.2, 0.25) is 5.95 Å². The third-order valence-corrected chi connectivity index (χ3v) is 7.82. The van der Waals surface area contributed by atoms with Crippen molar-refractivity contribution in [1.82, 2.24) is 30.0 Å². The van der Waals surface area contributed by atoms with Gasteiger partial charge in [-0.2, -0.15) is 15.3 Å². The van der Waals surface area contributed by atoms with Gasteiger partial charge >= 0.3 is 6.03 Å². The lowest BCUT2D eigenvalue weighted by Gasteiger charge is -2.36. The van der Waals surface area contributed by atoms with E-state index in [4.69, 9.17) is 4.98 Å². The summed E-state index contributed by atoms with van der Waals surface area (Å²) in [5.41, 5.74) is 3.24. The number of aliphatic hydroxyl groups excluding tert-OH is 1. The highest BCUT2D eigenvalue weighted by atomic mass is 16.3. The molecule has 1 saturated carbocycles. The minimum absolute atomic E-state index is 0.0461. The Bertz CT molecular complexity index is 1560. The number of nitriles is 1. The maximum atomic E-state index is 13.7. The minimum Gasteiger partial charge on any atom is -0.391 e. The number of carbonyl (C=O) groups is 1. The summed E-state index contributed by atoms with van der Waals surface area (Å²) >= 11 is 0. The van der Waals surface area contributed by atoms with Gasteiger partial charge < -0.3 is 21.1 Å². The molecular weight excluding hydrogens is 556 g/mol. The molecule has 1 fully saturated rings. The molecule has 0 bridgehead atoms. The van der Waals surface area contributed by atoms with E-state index in [-0.39, 0.29) is 18.1 Å². The van der Waals surface area contributed by atoms with Crippen LogP contribution in [0, 0.1) is 11.3 Å². The summed E-state index contributed by atoms with van der Waals surface area (Å²) in [6, 6.07) is 15.7. The van der Waals surface area contributed by atoms with Crippen molar-refractivity contribution < 1.29 is 9.90 Å². The van der Waals surface area contributed by atoms with Crippen molar-refractivity contribution in [2.24, 2.45) is 7.05 Å². The van der Waals surface area contributed by atoms with Gasteiger partial charge in [0.05, 0.1) is 18.5 Å². The number of hydrogen-bond acceptors (Lipinski definition) is 9. The second kappa shape index (κ2) is 14.4. The summed E-state index contributed by atoms with van der Waals surface area (Å²) < 4.78 is 1.75. The van der Waals surface area contributed by atoms with Crippen molar-refractivity contribution in [2.75, 3.05) is 22.1 Å². The standard InChI is InChI=1S/C32H38N10O2/c1-3-28(43)20-35-30-24(15-33)18-36-31(40-30)39-26-10-12-27(13-11-26)42(32(44)37-16-22-7-5-4-6-8-22)29-14-9-23(17-34-29)25-19-38-41(2)21-25/h4-9,14,17-19,21,26-28,43H,3,10-13,16,20H2,1-2H3,(H,37,44)(H2,35,36,39,40)/t26-,27-,28?. The number of nitrogens with one attached hydrogen (secondary N) is 3. The zero-order chi connectivity index (χ0) is 30.9. The largest absolute Gasteiger partial charge is 0.391 e. The lowest BCUT2D eigenvalue weighted by Crippen LogP contribution is -2.49. The monoisotopic (exact) mass is 594 g/mol. The molecule has 3 heterocycles. The molecule has 0 radical (unpaired) electrons. The molecule has 2 amide bonds. The molecule has 0 aliphatic heterocycles. The van der Waals surface area contributed by atoms with Crippen molar-refractivity contribution in [1.29, 1.82) is 5.26 Å². The normalized spacial score (nSPS) is 16.9. The maximum Gasteiger partial charge on any atom is 0.323 e. The van der Waals surface area contributed by atoms with Gasteiger partial charge in [-0.1, -0.05) is 37.3 Å². The number of pyridine rings is 1. The molecule has 4 aromatic rings. The second-order valence-corrected chi connectivity index (χ2v) is 11.0. The molecule has 0 saturated heterocycles. The Kier molecular flexibility index (Phi) is 9.99. The smallest absolute Gasteiger partial charge is 0.323 e. The molecule has 12 heteroatoms. The number of aliphatic hydroxyl groups is 1. The van der Waals surface area contributed by atoms with Gasteiger partial charge in [-0.15, -0.1) is 0 Å². The zero-order valence-corrected chi connectivity index (χ0v) is 25.0. The van der Waals surface area contributed by atoms with Crippen LogP contribution in [-0.2, 0) is 13.6 Å². The Morgan fingerprint density at radius 3 is 2.55 bits per heavy atom. The van der Waals surface area contributed by atoms with Crippen LogP contribution < -0.4 is 20.9 Å². The molecule has 1 atom stereocenters. The lowest BCUT2D eigenvalue weighted by molar-refractivity contribution is 0.183. The number of aryl methyl sites for hydroxylation is 1. The van der Waals surface area contributed by atoms with Crippen molar-refractivity contribution in [3.8, 4) is 17.2 Å². The number of anilines is 3. The van der Waals surface area contributed by atoms with E-state index in [2.05, 4.69) is 37.1 Å². The summed E-state index contributed by atoms with van der Waals surface area (Å²) in [5.74, 6) is 1.42. The summed E-state index contributed by atoms with van der Waals surface area (Å²) in [4.78, 5) is 29.0. The Labute approximate surface area is 257 Å². The Morgan fingerprint density at radius 1 is 1.09 bits per heavy atom. The van der Waals surface area contributed by atoms with Gasteiger partial charge in [-0.25, -0.2) is 14.8 Å². The fourth-order valence-corrected chi connectivity index (χ4v) is 5.27. The van der Waals surface area contributed by atoms with Crippen molar-refractivity contribution in [2.45, 2.75) is 63.8 Å². The second-order valence-electron chi connectivity index (χ2n) is 11.0. The Morgan fingerprint density at radius 2 is 1.89 bits per heavy atom. The molecule has 1 aliphatic rings. The van der Waals surface area contributed by atoms with Crippen LogP contribution >= 0.6 is 0 Å². The molecule has 1 unspecified atom stereocenters. The quantitative estimate of drug-likeness (QED) is 0.197. The average Bonchev–Trinajstić information content (AvgIpc) is 3.50. The molecule has 4 N–H and O–H groups in total. The highest BCUT2D eigenvalue weighted by molar-refractivity contribution is 5.91. The van der Waals surface area contributed by atoms with Crippen LogP contribution in [0.5, 0.6) is 0 Å². The molecule has 1 aromatic carbocycles. The molecule has 5 rings (SSSR count). The number of carbonyl (C=O) groups excluding carboxylic acids is 1. The minimum atomic E-state index is -0.530. The number of aromatic nitrogens is 5.